The predicted octanol–water partition coefficient (Wildman–Crippen LogP) is 10.1. The second-order valence-electron chi connectivity index (χ2n) is 21.8. The summed E-state index contributed by atoms with van der Waals surface area (Å²) in [6, 6.07) is 10.4. The lowest BCUT2D eigenvalue weighted by molar-refractivity contribution is -0.206. The third-order valence-electron chi connectivity index (χ3n) is 16.0. The highest BCUT2D eigenvalue weighted by atomic mass is 19.4. The molecule has 5 fully saturated rings. The van der Waals surface area contributed by atoms with E-state index in [-0.39, 0.29) is 80.3 Å². The first-order valence-electron chi connectivity index (χ1n) is 24.9. The number of hydrogen-bond acceptors (Lipinski definition) is 13. The van der Waals surface area contributed by atoms with Gasteiger partial charge in [0.25, 0.3) is 5.92 Å². The van der Waals surface area contributed by atoms with E-state index in [9.17, 15) is 13.6 Å². The van der Waals surface area contributed by atoms with Crippen LogP contribution in [0.25, 0.3) is 22.2 Å². The van der Waals surface area contributed by atoms with E-state index < -0.39 is 99.3 Å². The fourth-order valence-corrected chi connectivity index (χ4v) is 12.3. The Morgan fingerprint density at radius 2 is 1.53 bits per heavy atom. The number of nitrogens with zero attached hydrogens (tertiary/aromatic N) is 8. The smallest absolute Gasteiger partial charge is 0.427 e. The van der Waals surface area contributed by atoms with Gasteiger partial charge in [-0.3, -0.25) is 9.80 Å². The van der Waals surface area contributed by atoms with Gasteiger partial charge in [0.1, 0.15) is 46.1 Å². The van der Waals surface area contributed by atoms with E-state index in [4.69, 9.17) is 33.7 Å². The number of anilines is 2. The van der Waals surface area contributed by atoms with Crippen LogP contribution >= 0.6 is 0 Å². The minimum absolute atomic E-state index is 0.103. The molecule has 11 rings (SSSR count). The fourth-order valence-electron chi connectivity index (χ4n) is 12.3. The molecule has 3 aromatic heterocycles. The third-order valence-corrected chi connectivity index (χ3v) is 16.0. The number of carbonyl (C=O) groups excluding carboxylic acids is 1. The van der Waals surface area contributed by atoms with Crippen molar-refractivity contribution in [3.05, 3.63) is 82.5 Å². The highest BCUT2D eigenvalue weighted by Gasteiger charge is 2.77. The first-order chi connectivity index (χ1) is 35.0. The molecule has 2 aromatic carbocycles. The number of rotatable bonds is 11. The molecule has 21 heteroatoms. The van der Waals surface area contributed by atoms with Crippen LogP contribution in [0.4, 0.5) is 47.2 Å². The molecule has 6 atom stereocenters. The summed E-state index contributed by atoms with van der Waals surface area (Å²) in [6.07, 6.45) is -6.98. The molecule has 5 aromatic rings. The number of hydrogen-bond donors (Lipinski definition) is 0. The number of pyridine rings is 2. The Kier molecular flexibility index (Phi) is 11.9. The lowest BCUT2D eigenvalue weighted by Gasteiger charge is -2.48. The maximum Gasteiger partial charge on any atom is 0.427 e. The van der Waals surface area contributed by atoms with Gasteiger partial charge in [-0.15, -0.1) is 0 Å². The van der Waals surface area contributed by atoms with Crippen molar-refractivity contribution in [1.29, 1.82) is 0 Å². The number of benzene rings is 2. The molecule has 2 bridgehead atoms. The second kappa shape index (κ2) is 17.6. The van der Waals surface area contributed by atoms with E-state index in [1.165, 1.54) is 30.9 Å². The first-order valence-corrected chi connectivity index (χ1v) is 24.9. The van der Waals surface area contributed by atoms with Crippen molar-refractivity contribution >= 4 is 28.6 Å². The van der Waals surface area contributed by atoms with Gasteiger partial charge in [0, 0.05) is 43.9 Å². The molecular weight excluding hydrogens is 978 g/mol. The Labute approximate surface area is 423 Å². The Morgan fingerprint density at radius 1 is 0.878 bits per heavy atom. The van der Waals surface area contributed by atoms with Crippen molar-refractivity contribution in [2.75, 3.05) is 50.3 Å². The quantitative estimate of drug-likeness (QED) is 0.117. The van der Waals surface area contributed by atoms with Crippen molar-refractivity contribution in [3.63, 3.8) is 0 Å². The van der Waals surface area contributed by atoms with E-state index in [1.807, 2.05) is 29.2 Å². The number of carbonyl (C=O) groups is 1. The van der Waals surface area contributed by atoms with Crippen LogP contribution in [0.3, 0.4) is 0 Å². The van der Waals surface area contributed by atoms with Gasteiger partial charge in [0.2, 0.25) is 12.0 Å². The standard InChI is InChI=1S/C53H57F7N8O6/c1-28-29(2)61-45(65(21-30-9-14-33(70-6)15-10-30)22-31-11-16-34(71-7)17-12-31)38(54)36(28)40-39(55)41-37-44(64-47(63-41)72-27-51-19-8-20-66(51)26-50(24-51)25-52(50,56)57)67-23-32-13-18-35(68(32)48(69)74-49(3,4)5)42(67)43(53(58,59)60)73-46(37)62-40/h9-12,14-17,32,35,42-43H,8,13,18-27H2,1-7H3/t32-,35+,42+,43-,50?,51+/m1/s1. The first kappa shape index (κ1) is 49.8. The Bertz CT molecular complexity index is 2980. The summed E-state index contributed by atoms with van der Waals surface area (Å²) in [6.45, 7) is 8.69. The molecule has 1 aliphatic carbocycles. The molecule has 394 valence electrons. The number of fused-ring (bicyclic) bond motifs is 6. The number of methoxy groups -OCH3 is 2. The third kappa shape index (κ3) is 8.40. The average molecular weight is 1040 g/mol. The Balaban J connectivity index is 1.07. The van der Waals surface area contributed by atoms with E-state index in [0.29, 0.717) is 30.9 Å². The lowest BCUT2D eigenvalue weighted by Crippen LogP contribution is -2.68. The number of piperazine rings is 1. The predicted molar refractivity (Wildman–Crippen MR) is 258 cm³/mol. The zero-order chi connectivity index (χ0) is 52.4. The molecule has 8 heterocycles. The van der Waals surface area contributed by atoms with Crippen molar-refractivity contribution in [3.8, 4) is 34.6 Å². The van der Waals surface area contributed by atoms with E-state index >= 15 is 22.0 Å². The fraction of sp³-hybridized carbons (Fsp3) is 0.528. The zero-order valence-corrected chi connectivity index (χ0v) is 42.1. The number of halogens is 7. The number of amides is 1. The van der Waals surface area contributed by atoms with Crippen molar-refractivity contribution in [1.82, 2.24) is 29.7 Å². The molecule has 6 aliphatic rings. The SMILES string of the molecule is COc1ccc(CN(Cc2ccc(OC)cc2)c2nc(C)c(C)c(-c3nc4c5c(nc(OC[C@@]67CCCN6CC6(CC6(F)F)C7)nc5c3F)N3C[C@H]5CC[C@@H]([C@H]3[C@H](C(F)(F)F)O4)N5C(=O)OC(C)(C)C)c2F)cc1. The molecule has 74 heavy (non-hydrogen) atoms. The van der Waals surface area contributed by atoms with Gasteiger partial charge in [0.05, 0.1) is 43.3 Å². The van der Waals surface area contributed by atoms with Crippen LogP contribution in [-0.2, 0) is 17.8 Å². The van der Waals surface area contributed by atoms with Crippen LogP contribution in [0, 0.1) is 30.9 Å². The minimum atomic E-state index is -5.12. The van der Waals surface area contributed by atoms with Crippen LogP contribution in [0.15, 0.2) is 48.5 Å². The highest BCUT2D eigenvalue weighted by molar-refractivity contribution is 5.98. The van der Waals surface area contributed by atoms with Gasteiger partial charge < -0.3 is 33.5 Å². The van der Waals surface area contributed by atoms with Crippen molar-refractivity contribution in [2.45, 2.75) is 134 Å². The van der Waals surface area contributed by atoms with Crippen LogP contribution in [0.2, 0.25) is 0 Å². The van der Waals surface area contributed by atoms with Crippen molar-refractivity contribution in [2.24, 2.45) is 5.41 Å². The maximum absolute atomic E-state index is 18.2. The summed E-state index contributed by atoms with van der Waals surface area (Å²) >= 11 is 0. The van der Waals surface area contributed by atoms with Gasteiger partial charge >= 0.3 is 18.3 Å². The Morgan fingerprint density at radius 3 is 2.12 bits per heavy atom. The average Bonchev–Trinajstić information content (AvgIpc) is 3.59. The number of aryl methyl sites for hydroxylation is 1. The monoisotopic (exact) mass is 1030 g/mol. The lowest BCUT2D eigenvalue weighted by atomic mass is 9.89. The summed E-state index contributed by atoms with van der Waals surface area (Å²) in [4.78, 5) is 38.7. The molecule has 1 unspecified atom stereocenters. The molecule has 4 saturated heterocycles. The van der Waals surface area contributed by atoms with E-state index in [1.54, 1.807) is 56.9 Å². The Hall–Kier alpha value is -6.38. The molecule has 5 aliphatic heterocycles. The summed E-state index contributed by atoms with van der Waals surface area (Å²) in [5.74, 6) is -4.97. The summed E-state index contributed by atoms with van der Waals surface area (Å²) in [5, 5.41) is -0.316. The zero-order valence-electron chi connectivity index (χ0n) is 42.1. The van der Waals surface area contributed by atoms with E-state index in [2.05, 4.69) is 9.97 Å². The number of aromatic nitrogens is 4. The second-order valence-corrected chi connectivity index (χ2v) is 21.8. The minimum Gasteiger partial charge on any atom is -0.497 e. The largest absolute Gasteiger partial charge is 0.497 e. The van der Waals surface area contributed by atoms with Crippen molar-refractivity contribution < 1.29 is 59.2 Å². The van der Waals surface area contributed by atoms with Gasteiger partial charge in [-0.2, -0.15) is 23.1 Å². The van der Waals surface area contributed by atoms with Crippen LogP contribution in [0.1, 0.15) is 81.7 Å². The van der Waals surface area contributed by atoms with Gasteiger partial charge in [-0.25, -0.2) is 32.3 Å². The molecule has 0 radical (unpaired) electrons. The maximum atomic E-state index is 18.2. The summed E-state index contributed by atoms with van der Waals surface area (Å²) < 4.78 is 143. The van der Waals surface area contributed by atoms with Crippen LogP contribution < -0.4 is 28.7 Å². The van der Waals surface area contributed by atoms with Gasteiger partial charge in [-0.1, -0.05) is 24.3 Å². The summed E-state index contributed by atoms with van der Waals surface area (Å²) in [5.41, 5.74) is -2.75. The molecule has 1 saturated carbocycles. The molecule has 1 amide bonds. The van der Waals surface area contributed by atoms with Gasteiger partial charge in [0.15, 0.2) is 17.5 Å². The number of alkyl halides is 5. The number of ether oxygens (including phenoxy) is 5. The van der Waals surface area contributed by atoms with Crippen LogP contribution in [0.5, 0.6) is 23.4 Å². The topological polar surface area (TPSA) is 128 Å². The van der Waals surface area contributed by atoms with Crippen LogP contribution in [-0.4, -0.2) is 124 Å². The summed E-state index contributed by atoms with van der Waals surface area (Å²) in [7, 11) is 3.07. The highest BCUT2D eigenvalue weighted by Crippen LogP contribution is 2.69. The van der Waals surface area contributed by atoms with Gasteiger partial charge in [-0.05, 0) is 114 Å². The molecule has 1 spiro atoms. The van der Waals surface area contributed by atoms with E-state index in [0.717, 1.165) is 17.5 Å². The molecular formula is C53H57F7N8O6. The molecule has 14 nitrogen and oxygen atoms in total. The normalized spacial score (nSPS) is 25.6. The molecule has 0 N–H and O–H groups in total.